The van der Waals surface area contributed by atoms with Gasteiger partial charge in [-0.05, 0) is 25.0 Å². The summed E-state index contributed by atoms with van der Waals surface area (Å²) in [6, 6.07) is 4.45. The second-order valence-electron chi connectivity index (χ2n) is 7.20. The van der Waals surface area contributed by atoms with Crippen LogP contribution in [0.4, 0.5) is 35.3 Å². The minimum Gasteiger partial charge on any atom is -0.365 e. The van der Waals surface area contributed by atoms with Crippen molar-refractivity contribution in [1.82, 2.24) is 15.0 Å². The fourth-order valence-electron chi connectivity index (χ4n) is 3.69. The molecule has 1 saturated heterocycles. The molecule has 4 rings (SSSR count). The summed E-state index contributed by atoms with van der Waals surface area (Å²) >= 11 is 0. The Morgan fingerprint density at radius 1 is 1.23 bits per heavy atom. The molecule has 0 saturated carbocycles. The summed E-state index contributed by atoms with van der Waals surface area (Å²) in [5.74, 6) is -0.552. The molecule has 2 amide bonds. The number of nitrogens with zero attached hydrogens (tertiary/aromatic N) is 5. The van der Waals surface area contributed by atoms with Crippen LogP contribution in [0.5, 0.6) is 0 Å². The summed E-state index contributed by atoms with van der Waals surface area (Å²) in [5, 5.41) is 2.71. The molecule has 11 heteroatoms. The van der Waals surface area contributed by atoms with Crippen molar-refractivity contribution in [3.63, 3.8) is 0 Å². The van der Waals surface area contributed by atoms with E-state index in [-0.39, 0.29) is 17.7 Å². The summed E-state index contributed by atoms with van der Waals surface area (Å²) in [5.41, 5.74) is 0.578. The highest BCUT2D eigenvalue weighted by Crippen LogP contribution is 2.37. The highest BCUT2D eigenvalue weighted by molar-refractivity contribution is 6.04. The molecule has 4 heterocycles. The smallest absolute Gasteiger partial charge is 0.365 e. The number of fused-ring (bicyclic) bond motifs is 4. The van der Waals surface area contributed by atoms with Gasteiger partial charge in [-0.25, -0.2) is 19.7 Å². The van der Waals surface area contributed by atoms with Crippen molar-refractivity contribution in [2.24, 2.45) is 0 Å². The number of Topliss-reactive ketones (excluding diaryl/α,β-unsaturated/α-hetero) is 1. The van der Waals surface area contributed by atoms with Gasteiger partial charge in [0.1, 0.15) is 5.82 Å². The fraction of sp³-hybridized carbons (Fsp3) is 0.421. The maximum absolute atomic E-state index is 13.0. The predicted octanol–water partition coefficient (Wildman–Crippen LogP) is 3.42. The summed E-state index contributed by atoms with van der Waals surface area (Å²) in [6.07, 6.45) is -1.87. The van der Waals surface area contributed by atoms with Crippen molar-refractivity contribution < 1.29 is 22.8 Å². The predicted molar refractivity (Wildman–Crippen MR) is 103 cm³/mol. The minimum atomic E-state index is -4.44. The van der Waals surface area contributed by atoms with Gasteiger partial charge in [0.05, 0.1) is 24.3 Å². The van der Waals surface area contributed by atoms with Crippen molar-refractivity contribution in [2.75, 3.05) is 28.2 Å². The zero-order chi connectivity index (χ0) is 21.3. The van der Waals surface area contributed by atoms with E-state index in [0.717, 1.165) is 19.4 Å². The molecule has 0 radical (unpaired) electrons. The SMILES string of the molecule is O=C(CCC(F)(F)F)c1ncc2c(n1)N(C(=O)Nc1ccccn1)[C@H]1CCCN2C1. The zero-order valence-corrected chi connectivity index (χ0v) is 15.9. The Morgan fingerprint density at radius 2 is 2.07 bits per heavy atom. The Morgan fingerprint density at radius 3 is 2.80 bits per heavy atom. The number of aromatic nitrogens is 3. The van der Waals surface area contributed by atoms with Crippen LogP contribution >= 0.6 is 0 Å². The molecule has 2 aliphatic heterocycles. The first-order valence-corrected chi connectivity index (χ1v) is 9.55. The molecule has 8 nitrogen and oxygen atoms in total. The van der Waals surface area contributed by atoms with Gasteiger partial charge in [-0.2, -0.15) is 13.2 Å². The second-order valence-corrected chi connectivity index (χ2v) is 7.20. The van der Waals surface area contributed by atoms with Gasteiger partial charge >= 0.3 is 12.2 Å². The van der Waals surface area contributed by atoms with E-state index in [2.05, 4.69) is 20.3 Å². The number of ketones is 1. The molecule has 30 heavy (non-hydrogen) atoms. The Hall–Kier alpha value is -3.24. The number of hydrogen-bond acceptors (Lipinski definition) is 6. The van der Waals surface area contributed by atoms with Crippen LogP contribution in [0.25, 0.3) is 0 Å². The minimum absolute atomic E-state index is 0.178. The highest BCUT2D eigenvalue weighted by atomic mass is 19.4. The summed E-state index contributed by atoms with van der Waals surface area (Å²) in [4.78, 5) is 41.0. The molecular weight excluding hydrogens is 401 g/mol. The van der Waals surface area contributed by atoms with Crippen LogP contribution < -0.4 is 15.1 Å². The first-order chi connectivity index (χ1) is 14.3. The molecule has 0 unspecified atom stereocenters. The number of anilines is 3. The largest absolute Gasteiger partial charge is 0.389 e. The van der Waals surface area contributed by atoms with Crippen molar-refractivity contribution in [1.29, 1.82) is 0 Å². The Labute approximate surface area is 170 Å². The Kier molecular flexibility index (Phi) is 5.27. The fourth-order valence-corrected chi connectivity index (χ4v) is 3.69. The summed E-state index contributed by atoms with van der Waals surface area (Å²) < 4.78 is 37.4. The van der Waals surface area contributed by atoms with E-state index in [4.69, 9.17) is 0 Å². The van der Waals surface area contributed by atoms with Gasteiger partial charge in [0.2, 0.25) is 0 Å². The van der Waals surface area contributed by atoms with Crippen molar-refractivity contribution in [3.05, 3.63) is 36.4 Å². The van der Waals surface area contributed by atoms with Crippen molar-refractivity contribution in [2.45, 2.75) is 37.9 Å². The van der Waals surface area contributed by atoms with E-state index < -0.39 is 30.8 Å². The number of halogens is 3. The van der Waals surface area contributed by atoms with Gasteiger partial charge in [0.25, 0.3) is 0 Å². The van der Waals surface area contributed by atoms with Gasteiger partial charge in [-0.3, -0.25) is 15.0 Å². The molecule has 0 spiro atoms. The lowest BCUT2D eigenvalue weighted by molar-refractivity contribution is -0.133. The lowest BCUT2D eigenvalue weighted by Crippen LogP contribution is -2.56. The van der Waals surface area contributed by atoms with E-state index >= 15 is 0 Å². The monoisotopic (exact) mass is 420 g/mol. The van der Waals surface area contributed by atoms with Crippen molar-refractivity contribution in [3.8, 4) is 0 Å². The van der Waals surface area contributed by atoms with E-state index in [1.807, 2.05) is 4.90 Å². The molecule has 0 aliphatic carbocycles. The average Bonchev–Trinajstić information content (AvgIpc) is 2.72. The molecular formula is C19H19F3N6O2. The first-order valence-electron chi connectivity index (χ1n) is 9.55. The van der Waals surface area contributed by atoms with Crippen LogP contribution in [0.15, 0.2) is 30.6 Å². The highest BCUT2D eigenvalue weighted by Gasteiger charge is 2.39. The van der Waals surface area contributed by atoms with Gasteiger partial charge in [0, 0.05) is 25.7 Å². The number of carbonyl (C=O) groups is 2. The maximum Gasteiger partial charge on any atom is 0.389 e. The number of hydrogen-bond donors (Lipinski definition) is 1. The number of amides is 2. The lowest BCUT2D eigenvalue weighted by atomic mass is 10.0. The number of urea groups is 1. The number of rotatable bonds is 4. The third kappa shape index (κ3) is 4.19. The third-order valence-corrected chi connectivity index (χ3v) is 5.08. The van der Waals surface area contributed by atoms with Crippen LogP contribution in [0.1, 0.15) is 36.3 Å². The number of pyridine rings is 1. The first kappa shape index (κ1) is 20.0. The lowest BCUT2D eigenvalue weighted by Gasteiger charge is -2.45. The van der Waals surface area contributed by atoms with Crippen LogP contribution in [-0.4, -0.2) is 52.1 Å². The summed E-state index contributed by atoms with van der Waals surface area (Å²) in [7, 11) is 0. The topological polar surface area (TPSA) is 91.3 Å². The number of nitrogens with one attached hydrogen (secondary N) is 1. The molecule has 2 aromatic heterocycles. The number of piperidine rings is 1. The number of alkyl halides is 3. The molecule has 1 atom stereocenters. The second kappa shape index (κ2) is 7.88. The Balaban J connectivity index is 1.64. The Bertz CT molecular complexity index is 953. The van der Waals surface area contributed by atoms with Crippen LogP contribution in [-0.2, 0) is 0 Å². The van der Waals surface area contributed by atoms with E-state index in [0.29, 0.717) is 18.1 Å². The van der Waals surface area contributed by atoms with E-state index in [1.165, 1.54) is 11.1 Å². The molecule has 158 valence electrons. The van der Waals surface area contributed by atoms with Gasteiger partial charge in [-0.1, -0.05) is 6.07 Å². The van der Waals surface area contributed by atoms with Gasteiger partial charge < -0.3 is 4.90 Å². The molecule has 1 fully saturated rings. The van der Waals surface area contributed by atoms with Gasteiger partial charge in [0.15, 0.2) is 17.4 Å². The van der Waals surface area contributed by atoms with E-state index in [9.17, 15) is 22.8 Å². The normalized spacial score (nSPS) is 18.0. The zero-order valence-electron chi connectivity index (χ0n) is 15.9. The third-order valence-electron chi connectivity index (χ3n) is 5.08. The molecule has 0 aromatic carbocycles. The molecule has 2 bridgehead atoms. The van der Waals surface area contributed by atoms with Crippen LogP contribution in [0, 0.1) is 0 Å². The molecule has 1 N–H and O–H groups in total. The van der Waals surface area contributed by atoms with Crippen LogP contribution in [0.3, 0.4) is 0 Å². The van der Waals surface area contributed by atoms with Crippen molar-refractivity contribution >= 4 is 29.1 Å². The van der Waals surface area contributed by atoms with Gasteiger partial charge in [-0.15, -0.1) is 0 Å². The quantitative estimate of drug-likeness (QED) is 0.763. The molecule has 2 aromatic rings. The number of carbonyl (C=O) groups excluding carboxylic acids is 2. The summed E-state index contributed by atoms with van der Waals surface area (Å²) in [6.45, 7) is 1.34. The average molecular weight is 420 g/mol. The maximum atomic E-state index is 13.0. The molecule has 2 aliphatic rings. The standard InChI is InChI=1S/C19H19F3N6O2/c20-19(21,22)7-6-14(29)16-24-10-13-17(26-16)28(12-4-3-9-27(13)11-12)18(30)25-15-5-1-2-8-23-15/h1-2,5,8,10,12H,3-4,6-7,9,11H2,(H,23,25,30)/t12-/m0/s1. The van der Waals surface area contributed by atoms with Crippen LogP contribution in [0.2, 0.25) is 0 Å². The van der Waals surface area contributed by atoms with E-state index in [1.54, 1.807) is 24.4 Å².